The molecular weight excluding hydrogens is 304 g/mol. The molecule has 3 heterocycles. The number of anilines is 1. The van der Waals surface area contributed by atoms with E-state index >= 15 is 0 Å². The van der Waals surface area contributed by atoms with Crippen molar-refractivity contribution in [2.24, 2.45) is 7.05 Å². The Hall–Kier alpha value is -2.60. The van der Waals surface area contributed by atoms with E-state index in [1.165, 1.54) is 10.6 Å². The highest BCUT2D eigenvalue weighted by atomic mass is 16.2. The lowest BCUT2D eigenvalue weighted by atomic mass is 10.1. The lowest BCUT2D eigenvalue weighted by Crippen LogP contribution is -2.52. The smallest absolute Gasteiger partial charge is 0.332 e. The van der Waals surface area contributed by atoms with Gasteiger partial charge in [-0.15, -0.1) is 0 Å². The van der Waals surface area contributed by atoms with Gasteiger partial charge in [-0.2, -0.15) is 0 Å². The number of fused-ring (bicyclic) bond motifs is 1. The Bertz CT molecular complexity index is 770. The summed E-state index contributed by atoms with van der Waals surface area (Å²) in [5.74, 6) is -0.122. The van der Waals surface area contributed by atoms with Crippen LogP contribution in [0.4, 0.5) is 10.5 Å². The van der Waals surface area contributed by atoms with E-state index < -0.39 is 0 Å². The number of amides is 3. The molecular formula is C18H20N4O2. The number of carbonyl (C=O) groups is 2. The lowest BCUT2D eigenvalue weighted by Gasteiger charge is -2.35. The van der Waals surface area contributed by atoms with Gasteiger partial charge >= 0.3 is 6.03 Å². The van der Waals surface area contributed by atoms with Crippen molar-refractivity contribution in [3.8, 4) is 0 Å². The first-order valence-electron chi connectivity index (χ1n) is 8.17. The summed E-state index contributed by atoms with van der Waals surface area (Å²) in [5, 5.41) is 0. The molecule has 1 aromatic carbocycles. The largest absolute Gasteiger partial charge is 0.353 e. The predicted octanol–water partition coefficient (Wildman–Crippen LogP) is 1.68. The molecule has 0 N–H and O–H groups in total. The molecule has 0 bridgehead atoms. The van der Waals surface area contributed by atoms with Crippen molar-refractivity contribution in [2.75, 3.05) is 24.5 Å². The molecule has 1 aromatic heterocycles. The average Bonchev–Trinajstić information content (AvgIpc) is 3.10. The van der Waals surface area contributed by atoms with Gasteiger partial charge in [-0.1, -0.05) is 18.2 Å². The summed E-state index contributed by atoms with van der Waals surface area (Å²) in [7, 11) is 2.02. The number of benzene rings is 1. The van der Waals surface area contributed by atoms with Crippen molar-refractivity contribution in [1.82, 2.24) is 14.4 Å². The number of carbonyl (C=O) groups excluding carboxylic acids is 2. The molecule has 2 aromatic rings. The number of para-hydroxylation sites is 1. The standard InChI is InChI=1S/C18H20N4O2/c1-19-9-5-8-15(19)12-20-10-11-21-16(13-20)17(23)22(18(21)24)14-6-3-2-4-7-14/h2-9,16H,10-13H2,1H3/t16-/m0/s1. The Morgan fingerprint density at radius 1 is 1.04 bits per heavy atom. The summed E-state index contributed by atoms with van der Waals surface area (Å²) in [6, 6.07) is 12.7. The molecule has 0 aliphatic carbocycles. The van der Waals surface area contributed by atoms with Crippen LogP contribution in [-0.4, -0.2) is 52.0 Å². The molecule has 24 heavy (non-hydrogen) atoms. The van der Waals surface area contributed by atoms with Crippen LogP contribution in [0.2, 0.25) is 0 Å². The van der Waals surface area contributed by atoms with Gasteiger partial charge in [-0.3, -0.25) is 9.69 Å². The normalized spacial score (nSPS) is 21.5. The molecule has 0 radical (unpaired) electrons. The zero-order valence-electron chi connectivity index (χ0n) is 13.6. The minimum absolute atomic E-state index is 0.122. The number of piperazine rings is 1. The number of aromatic nitrogens is 1. The molecule has 2 aliphatic rings. The molecule has 0 spiro atoms. The fourth-order valence-electron chi connectivity index (χ4n) is 3.50. The van der Waals surface area contributed by atoms with Crippen molar-refractivity contribution in [3.63, 3.8) is 0 Å². The van der Waals surface area contributed by atoms with Crippen LogP contribution in [-0.2, 0) is 18.4 Å². The summed E-state index contributed by atoms with van der Waals surface area (Å²) >= 11 is 0. The average molecular weight is 324 g/mol. The molecule has 2 aliphatic heterocycles. The Labute approximate surface area is 140 Å². The van der Waals surface area contributed by atoms with Gasteiger partial charge in [0.05, 0.1) is 5.69 Å². The maximum Gasteiger partial charge on any atom is 0.332 e. The first-order valence-corrected chi connectivity index (χ1v) is 8.17. The molecule has 2 saturated heterocycles. The summed E-state index contributed by atoms with van der Waals surface area (Å²) in [6.07, 6.45) is 2.02. The second kappa shape index (κ2) is 5.79. The number of imide groups is 1. The Morgan fingerprint density at radius 2 is 1.83 bits per heavy atom. The van der Waals surface area contributed by atoms with Gasteiger partial charge in [-0.25, -0.2) is 9.69 Å². The maximum atomic E-state index is 12.8. The molecule has 1 atom stereocenters. The summed E-state index contributed by atoms with van der Waals surface area (Å²) < 4.78 is 2.09. The number of urea groups is 1. The van der Waals surface area contributed by atoms with Gasteiger partial charge in [0.25, 0.3) is 5.91 Å². The van der Waals surface area contributed by atoms with Gasteiger partial charge < -0.3 is 9.47 Å². The molecule has 3 amide bonds. The van der Waals surface area contributed by atoms with E-state index in [2.05, 4.69) is 15.5 Å². The van der Waals surface area contributed by atoms with Crippen molar-refractivity contribution in [2.45, 2.75) is 12.6 Å². The second-order valence-corrected chi connectivity index (χ2v) is 6.35. The summed E-state index contributed by atoms with van der Waals surface area (Å²) in [5.41, 5.74) is 1.86. The number of hydrogen-bond acceptors (Lipinski definition) is 3. The highest BCUT2D eigenvalue weighted by Crippen LogP contribution is 2.27. The van der Waals surface area contributed by atoms with E-state index in [4.69, 9.17) is 0 Å². The SMILES string of the molecule is Cn1cccc1CN1CCN2C(=O)N(c3ccccc3)C(=O)[C@@H]2C1. The van der Waals surface area contributed by atoms with Gasteiger partial charge in [0, 0.05) is 45.1 Å². The van der Waals surface area contributed by atoms with Crippen LogP contribution in [0.15, 0.2) is 48.7 Å². The van der Waals surface area contributed by atoms with Crippen LogP contribution in [0.1, 0.15) is 5.69 Å². The van der Waals surface area contributed by atoms with Crippen LogP contribution in [0.5, 0.6) is 0 Å². The van der Waals surface area contributed by atoms with Crippen LogP contribution in [0, 0.1) is 0 Å². The zero-order chi connectivity index (χ0) is 16.7. The van der Waals surface area contributed by atoms with Crippen LogP contribution < -0.4 is 4.90 Å². The minimum Gasteiger partial charge on any atom is -0.353 e. The molecule has 0 unspecified atom stereocenters. The van der Waals surface area contributed by atoms with E-state index in [0.29, 0.717) is 18.8 Å². The third kappa shape index (κ3) is 2.39. The molecule has 0 saturated carbocycles. The topological polar surface area (TPSA) is 48.8 Å². The van der Waals surface area contributed by atoms with E-state index in [0.717, 1.165) is 13.1 Å². The third-order valence-corrected chi connectivity index (χ3v) is 4.86. The second-order valence-electron chi connectivity index (χ2n) is 6.35. The lowest BCUT2D eigenvalue weighted by molar-refractivity contribution is -0.121. The van der Waals surface area contributed by atoms with E-state index in [-0.39, 0.29) is 18.0 Å². The van der Waals surface area contributed by atoms with Gasteiger partial charge in [-0.05, 0) is 24.3 Å². The van der Waals surface area contributed by atoms with Crippen LogP contribution in [0.3, 0.4) is 0 Å². The highest BCUT2D eigenvalue weighted by Gasteiger charge is 2.48. The highest BCUT2D eigenvalue weighted by molar-refractivity contribution is 6.21. The monoisotopic (exact) mass is 324 g/mol. The quantitative estimate of drug-likeness (QED) is 0.807. The van der Waals surface area contributed by atoms with E-state index in [1.54, 1.807) is 17.0 Å². The first kappa shape index (κ1) is 15.0. The van der Waals surface area contributed by atoms with Crippen molar-refractivity contribution < 1.29 is 9.59 Å². The van der Waals surface area contributed by atoms with Crippen LogP contribution >= 0.6 is 0 Å². The molecule has 124 valence electrons. The molecule has 6 nitrogen and oxygen atoms in total. The van der Waals surface area contributed by atoms with Gasteiger partial charge in [0.2, 0.25) is 0 Å². The van der Waals surface area contributed by atoms with E-state index in [9.17, 15) is 9.59 Å². The number of nitrogens with zero attached hydrogens (tertiary/aromatic N) is 4. The van der Waals surface area contributed by atoms with Crippen molar-refractivity contribution in [3.05, 3.63) is 54.4 Å². The van der Waals surface area contributed by atoms with Crippen molar-refractivity contribution >= 4 is 17.6 Å². The summed E-state index contributed by atoms with van der Waals surface area (Å²) in [4.78, 5) is 30.7. The number of hydrogen-bond donors (Lipinski definition) is 0. The maximum absolute atomic E-state index is 12.8. The third-order valence-electron chi connectivity index (χ3n) is 4.86. The fourth-order valence-corrected chi connectivity index (χ4v) is 3.50. The van der Waals surface area contributed by atoms with Gasteiger partial charge in [0.15, 0.2) is 0 Å². The molecule has 6 heteroatoms. The summed E-state index contributed by atoms with van der Waals surface area (Å²) in [6.45, 7) is 2.74. The first-order chi connectivity index (χ1) is 11.6. The zero-order valence-corrected chi connectivity index (χ0v) is 13.6. The fraction of sp³-hybridized carbons (Fsp3) is 0.333. The molecule has 4 rings (SSSR count). The Balaban J connectivity index is 1.53. The van der Waals surface area contributed by atoms with Crippen molar-refractivity contribution in [1.29, 1.82) is 0 Å². The number of rotatable bonds is 3. The van der Waals surface area contributed by atoms with Gasteiger partial charge in [0.1, 0.15) is 6.04 Å². The minimum atomic E-state index is -0.383. The number of aryl methyl sites for hydroxylation is 1. The predicted molar refractivity (Wildman–Crippen MR) is 90.5 cm³/mol. The van der Waals surface area contributed by atoms with Crippen LogP contribution in [0.25, 0.3) is 0 Å². The Morgan fingerprint density at radius 3 is 2.54 bits per heavy atom. The van der Waals surface area contributed by atoms with E-state index in [1.807, 2.05) is 37.5 Å². The Kier molecular flexibility index (Phi) is 3.61. The molecule has 2 fully saturated rings.